The van der Waals surface area contributed by atoms with Crippen molar-refractivity contribution in [2.24, 2.45) is 5.73 Å². The van der Waals surface area contributed by atoms with Gasteiger partial charge in [-0.2, -0.15) is 11.8 Å². The Bertz CT molecular complexity index is 539. The van der Waals surface area contributed by atoms with Gasteiger partial charge in [0.2, 0.25) is 0 Å². The lowest BCUT2D eigenvalue weighted by Crippen LogP contribution is -2.29. The molecule has 1 aromatic carbocycles. The van der Waals surface area contributed by atoms with E-state index in [4.69, 9.17) is 5.73 Å². The van der Waals surface area contributed by atoms with E-state index in [1.807, 2.05) is 36.9 Å². The zero-order valence-electron chi connectivity index (χ0n) is 11.7. The van der Waals surface area contributed by atoms with Crippen LogP contribution in [0.3, 0.4) is 0 Å². The number of carbonyl (C=O) groups is 1. The average Bonchev–Trinajstić information content (AvgIpc) is 2.96. The number of aryl methyl sites for hydroxylation is 1. The number of hydrogen-bond donors (Lipinski definition) is 2. The van der Waals surface area contributed by atoms with E-state index in [9.17, 15) is 4.79 Å². The molecule has 0 aromatic heterocycles. The molecule has 1 unspecified atom stereocenters. The van der Waals surface area contributed by atoms with Crippen molar-refractivity contribution >= 4 is 17.7 Å². The Kier molecular flexibility index (Phi) is 5.51. The molecule has 0 bridgehead atoms. The molecule has 0 radical (unpaired) electrons. The van der Waals surface area contributed by atoms with Gasteiger partial charge in [0.1, 0.15) is 0 Å². The molecule has 1 aromatic rings. The van der Waals surface area contributed by atoms with Crippen LogP contribution in [0.4, 0.5) is 0 Å². The van der Waals surface area contributed by atoms with Gasteiger partial charge < -0.3 is 11.1 Å². The van der Waals surface area contributed by atoms with E-state index in [0.29, 0.717) is 17.4 Å². The highest BCUT2D eigenvalue weighted by Crippen LogP contribution is 2.25. The van der Waals surface area contributed by atoms with Crippen LogP contribution in [0.1, 0.15) is 34.3 Å². The molecule has 3 N–H and O–H groups in total. The Morgan fingerprint density at radius 1 is 1.55 bits per heavy atom. The van der Waals surface area contributed by atoms with Gasteiger partial charge in [0.25, 0.3) is 5.91 Å². The minimum atomic E-state index is -0.000987. The van der Waals surface area contributed by atoms with Crippen molar-refractivity contribution in [3.63, 3.8) is 0 Å². The quantitative estimate of drug-likeness (QED) is 0.836. The number of thioether (sulfide) groups is 1. The fourth-order valence-electron chi connectivity index (χ4n) is 2.21. The molecule has 1 heterocycles. The summed E-state index contributed by atoms with van der Waals surface area (Å²) >= 11 is 1.95. The highest BCUT2D eigenvalue weighted by Gasteiger charge is 2.16. The van der Waals surface area contributed by atoms with E-state index in [0.717, 1.165) is 17.7 Å². The number of amides is 1. The van der Waals surface area contributed by atoms with Gasteiger partial charge in [-0.05, 0) is 49.3 Å². The Labute approximate surface area is 124 Å². The molecule has 0 aliphatic carbocycles. The lowest BCUT2D eigenvalue weighted by atomic mass is 10.0. The van der Waals surface area contributed by atoms with E-state index >= 15 is 0 Å². The van der Waals surface area contributed by atoms with E-state index in [2.05, 4.69) is 17.2 Å². The molecular weight excluding hydrogens is 268 g/mol. The normalized spacial score (nSPS) is 17.4. The molecule has 1 atom stereocenters. The van der Waals surface area contributed by atoms with Crippen LogP contribution in [0.25, 0.3) is 0 Å². The van der Waals surface area contributed by atoms with Crippen LogP contribution in [0.5, 0.6) is 0 Å². The number of rotatable bonds is 3. The van der Waals surface area contributed by atoms with Crippen LogP contribution in [0.2, 0.25) is 0 Å². The fourth-order valence-corrected chi connectivity index (χ4v) is 3.41. The summed E-state index contributed by atoms with van der Waals surface area (Å²) in [5.74, 6) is 7.05. The number of carbonyl (C=O) groups excluding carboxylic acids is 1. The van der Waals surface area contributed by atoms with E-state index in [1.165, 1.54) is 18.6 Å². The van der Waals surface area contributed by atoms with Crippen molar-refractivity contribution in [1.82, 2.24) is 5.32 Å². The molecule has 2 rings (SSSR count). The highest BCUT2D eigenvalue weighted by atomic mass is 32.2. The van der Waals surface area contributed by atoms with Crippen molar-refractivity contribution < 1.29 is 4.79 Å². The topological polar surface area (TPSA) is 55.1 Å². The molecule has 1 aliphatic rings. The first-order valence-corrected chi connectivity index (χ1v) is 7.95. The number of benzene rings is 1. The van der Waals surface area contributed by atoms with Gasteiger partial charge in [-0.15, -0.1) is 0 Å². The molecule has 1 saturated heterocycles. The van der Waals surface area contributed by atoms with Crippen molar-refractivity contribution in [3.05, 3.63) is 34.9 Å². The first kappa shape index (κ1) is 15.0. The van der Waals surface area contributed by atoms with Crippen molar-refractivity contribution in [3.8, 4) is 11.8 Å². The third kappa shape index (κ3) is 4.03. The molecule has 106 valence electrons. The summed E-state index contributed by atoms with van der Waals surface area (Å²) in [6.45, 7) is 3.07. The Hall–Kier alpha value is -1.44. The number of nitrogens with one attached hydrogen (secondary N) is 1. The predicted molar refractivity (Wildman–Crippen MR) is 84.9 cm³/mol. The standard InChI is InChI=1S/C16H20N2OS/c1-12-10-14(7-6-13(12)4-2-8-17)16(19)18-11-15-5-3-9-20-15/h6-7,10,15H,3,5,8-9,11,17H2,1H3,(H,18,19). The molecule has 1 amide bonds. The van der Waals surface area contributed by atoms with Crippen LogP contribution in [0, 0.1) is 18.8 Å². The lowest BCUT2D eigenvalue weighted by molar-refractivity contribution is 0.0953. The summed E-state index contributed by atoms with van der Waals surface area (Å²) in [6.07, 6.45) is 2.47. The summed E-state index contributed by atoms with van der Waals surface area (Å²) in [5, 5.41) is 3.59. The second-order valence-corrected chi connectivity index (χ2v) is 6.29. The Morgan fingerprint density at radius 2 is 2.40 bits per heavy atom. The average molecular weight is 288 g/mol. The van der Waals surface area contributed by atoms with E-state index in [1.54, 1.807) is 0 Å². The van der Waals surface area contributed by atoms with Crippen LogP contribution >= 0.6 is 11.8 Å². The van der Waals surface area contributed by atoms with Crippen LogP contribution in [-0.2, 0) is 0 Å². The number of nitrogens with two attached hydrogens (primary N) is 1. The monoisotopic (exact) mass is 288 g/mol. The zero-order chi connectivity index (χ0) is 14.4. The molecular formula is C16H20N2OS. The van der Waals surface area contributed by atoms with Crippen LogP contribution < -0.4 is 11.1 Å². The smallest absolute Gasteiger partial charge is 0.251 e. The highest BCUT2D eigenvalue weighted by molar-refractivity contribution is 8.00. The largest absolute Gasteiger partial charge is 0.351 e. The summed E-state index contributed by atoms with van der Waals surface area (Å²) in [7, 11) is 0. The van der Waals surface area contributed by atoms with E-state index in [-0.39, 0.29) is 5.91 Å². The second kappa shape index (κ2) is 7.37. The number of hydrogen-bond acceptors (Lipinski definition) is 3. The SMILES string of the molecule is Cc1cc(C(=O)NCC2CCCS2)ccc1C#CCN. The van der Waals surface area contributed by atoms with E-state index < -0.39 is 0 Å². The van der Waals surface area contributed by atoms with Gasteiger partial charge in [-0.3, -0.25) is 4.79 Å². The summed E-state index contributed by atoms with van der Waals surface area (Å²) in [6, 6.07) is 5.60. The minimum absolute atomic E-state index is 0.000987. The molecule has 3 nitrogen and oxygen atoms in total. The molecule has 1 fully saturated rings. The van der Waals surface area contributed by atoms with Crippen molar-refractivity contribution in [2.75, 3.05) is 18.8 Å². The maximum Gasteiger partial charge on any atom is 0.251 e. The van der Waals surface area contributed by atoms with Gasteiger partial charge in [-0.25, -0.2) is 0 Å². The van der Waals surface area contributed by atoms with Gasteiger partial charge in [0.15, 0.2) is 0 Å². The summed E-state index contributed by atoms with van der Waals surface area (Å²) in [5.41, 5.74) is 8.00. The van der Waals surface area contributed by atoms with Crippen LogP contribution in [-0.4, -0.2) is 30.0 Å². The Balaban J connectivity index is 1.97. The predicted octanol–water partition coefficient (Wildman–Crippen LogP) is 1.93. The third-order valence-corrected chi connectivity index (χ3v) is 4.73. The minimum Gasteiger partial charge on any atom is -0.351 e. The molecule has 0 spiro atoms. The first-order chi connectivity index (χ1) is 9.70. The fraction of sp³-hybridized carbons (Fsp3) is 0.438. The maximum atomic E-state index is 12.1. The molecule has 0 saturated carbocycles. The molecule has 20 heavy (non-hydrogen) atoms. The van der Waals surface area contributed by atoms with Gasteiger partial charge >= 0.3 is 0 Å². The van der Waals surface area contributed by atoms with Crippen LogP contribution in [0.15, 0.2) is 18.2 Å². The zero-order valence-corrected chi connectivity index (χ0v) is 12.6. The molecule has 1 aliphatic heterocycles. The van der Waals surface area contributed by atoms with Crippen molar-refractivity contribution in [2.45, 2.75) is 25.0 Å². The summed E-state index contributed by atoms with van der Waals surface area (Å²) in [4.78, 5) is 12.1. The van der Waals surface area contributed by atoms with Gasteiger partial charge in [-0.1, -0.05) is 11.8 Å². The lowest BCUT2D eigenvalue weighted by Gasteiger charge is -2.10. The summed E-state index contributed by atoms with van der Waals surface area (Å²) < 4.78 is 0. The molecule has 4 heteroatoms. The van der Waals surface area contributed by atoms with Crippen molar-refractivity contribution in [1.29, 1.82) is 0 Å². The second-order valence-electron chi connectivity index (χ2n) is 4.88. The Morgan fingerprint density at radius 3 is 3.05 bits per heavy atom. The first-order valence-electron chi connectivity index (χ1n) is 6.90. The maximum absolute atomic E-state index is 12.1. The van der Waals surface area contributed by atoms with Gasteiger partial charge in [0, 0.05) is 22.9 Å². The third-order valence-electron chi connectivity index (χ3n) is 3.33. The van der Waals surface area contributed by atoms with Gasteiger partial charge in [0.05, 0.1) is 6.54 Å².